The van der Waals surface area contributed by atoms with E-state index in [-0.39, 0.29) is 5.91 Å². The molecular weight excluding hydrogens is 328 g/mol. The van der Waals surface area contributed by atoms with E-state index in [0.29, 0.717) is 30.3 Å². The van der Waals surface area contributed by atoms with Crippen molar-refractivity contribution in [2.75, 3.05) is 36.5 Å². The Bertz CT molecular complexity index is 710. The molecule has 0 unspecified atom stereocenters. The molecule has 0 saturated carbocycles. The van der Waals surface area contributed by atoms with Gasteiger partial charge in [-0.1, -0.05) is 0 Å². The molecule has 1 N–H and O–H groups in total. The molecule has 0 aliphatic rings. The summed E-state index contributed by atoms with van der Waals surface area (Å²) in [6.45, 7) is 11.0. The number of ether oxygens (including phenoxy) is 2. The van der Waals surface area contributed by atoms with Crippen LogP contribution < -0.4 is 19.7 Å². The number of hydrogen-bond donors (Lipinski definition) is 1. The van der Waals surface area contributed by atoms with E-state index in [1.807, 2.05) is 38.1 Å². The van der Waals surface area contributed by atoms with Gasteiger partial charge in [-0.2, -0.15) is 0 Å². The third-order valence-corrected chi connectivity index (χ3v) is 4.06. The van der Waals surface area contributed by atoms with Crippen molar-refractivity contribution in [1.29, 1.82) is 0 Å². The standard InChI is InChI=1S/C21H28N2O3/c1-5-23(6-2)18-12-10-17(11-13-18)22-21(24)16-9-14-19(25-7-3)20(15-16)26-8-4/h9-15H,5-8H2,1-4H3,(H,22,24). The maximum atomic E-state index is 12.6. The largest absolute Gasteiger partial charge is 0.490 e. The van der Waals surface area contributed by atoms with Crippen LogP contribution in [-0.2, 0) is 0 Å². The predicted molar refractivity (Wildman–Crippen MR) is 107 cm³/mol. The molecule has 0 fully saturated rings. The molecule has 5 heteroatoms. The monoisotopic (exact) mass is 356 g/mol. The number of nitrogens with one attached hydrogen (secondary N) is 1. The fraction of sp³-hybridized carbons (Fsp3) is 0.381. The van der Waals surface area contributed by atoms with Crippen LogP contribution in [0, 0.1) is 0 Å². The van der Waals surface area contributed by atoms with Gasteiger partial charge < -0.3 is 19.7 Å². The predicted octanol–water partition coefficient (Wildman–Crippen LogP) is 4.58. The first kappa shape index (κ1) is 19.6. The Labute approximate surface area is 155 Å². The molecule has 5 nitrogen and oxygen atoms in total. The van der Waals surface area contributed by atoms with Gasteiger partial charge in [-0.15, -0.1) is 0 Å². The van der Waals surface area contributed by atoms with Crippen molar-refractivity contribution < 1.29 is 14.3 Å². The average molecular weight is 356 g/mol. The van der Waals surface area contributed by atoms with Crippen LogP contribution in [0.25, 0.3) is 0 Å². The Morgan fingerprint density at radius 2 is 1.50 bits per heavy atom. The van der Waals surface area contributed by atoms with Gasteiger partial charge in [-0.25, -0.2) is 0 Å². The highest BCUT2D eigenvalue weighted by Crippen LogP contribution is 2.29. The lowest BCUT2D eigenvalue weighted by molar-refractivity contribution is 0.102. The molecule has 2 rings (SSSR count). The molecule has 0 heterocycles. The number of hydrogen-bond acceptors (Lipinski definition) is 4. The first-order valence-corrected chi connectivity index (χ1v) is 9.18. The smallest absolute Gasteiger partial charge is 0.255 e. The lowest BCUT2D eigenvalue weighted by atomic mass is 10.1. The second kappa shape index (κ2) is 9.70. The van der Waals surface area contributed by atoms with E-state index in [9.17, 15) is 4.79 Å². The summed E-state index contributed by atoms with van der Waals surface area (Å²) in [7, 11) is 0. The lowest BCUT2D eigenvalue weighted by Gasteiger charge is -2.21. The van der Waals surface area contributed by atoms with E-state index >= 15 is 0 Å². The van der Waals surface area contributed by atoms with Gasteiger partial charge in [0.05, 0.1) is 13.2 Å². The van der Waals surface area contributed by atoms with Crippen molar-refractivity contribution in [3.8, 4) is 11.5 Å². The topological polar surface area (TPSA) is 50.8 Å². The minimum absolute atomic E-state index is 0.176. The van der Waals surface area contributed by atoms with Crippen LogP contribution in [0.2, 0.25) is 0 Å². The van der Waals surface area contributed by atoms with E-state index in [2.05, 4.69) is 24.1 Å². The Morgan fingerprint density at radius 1 is 0.885 bits per heavy atom. The van der Waals surface area contributed by atoms with Crippen molar-refractivity contribution in [2.45, 2.75) is 27.7 Å². The molecule has 0 bridgehead atoms. The minimum Gasteiger partial charge on any atom is -0.490 e. The van der Waals surface area contributed by atoms with E-state index in [4.69, 9.17) is 9.47 Å². The Balaban J connectivity index is 2.12. The fourth-order valence-corrected chi connectivity index (χ4v) is 2.74. The fourth-order valence-electron chi connectivity index (χ4n) is 2.74. The van der Waals surface area contributed by atoms with Crippen molar-refractivity contribution >= 4 is 17.3 Å². The summed E-state index contributed by atoms with van der Waals surface area (Å²) in [5, 5.41) is 2.93. The average Bonchev–Trinajstić information content (AvgIpc) is 2.66. The Hall–Kier alpha value is -2.69. The molecule has 0 spiro atoms. The zero-order valence-electron chi connectivity index (χ0n) is 16.0. The maximum absolute atomic E-state index is 12.6. The second-order valence-electron chi connectivity index (χ2n) is 5.70. The third-order valence-electron chi connectivity index (χ3n) is 4.06. The summed E-state index contributed by atoms with van der Waals surface area (Å²) in [5.41, 5.74) is 2.44. The van der Waals surface area contributed by atoms with Crippen LogP contribution in [-0.4, -0.2) is 32.2 Å². The Morgan fingerprint density at radius 3 is 2.08 bits per heavy atom. The van der Waals surface area contributed by atoms with Crippen LogP contribution in [0.1, 0.15) is 38.1 Å². The summed E-state index contributed by atoms with van der Waals surface area (Å²) in [6.07, 6.45) is 0. The highest BCUT2D eigenvalue weighted by Gasteiger charge is 2.12. The van der Waals surface area contributed by atoms with Gasteiger partial charge in [0.1, 0.15) is 0 Å². The highest BCUT2D eigenvalue weighted by molar-refractivity contribution is 6.04. The number of benzene rings is 2. The molecule has 2 aromatic carbocycles. The molecule has 140 valence electrons. The zero-order chi connectivity index (χ0) is 18.9. The quantitative estimate of drug-likeness (QED) is 0.714. The zero-order valence-corrected chi connectivity index (χ0v) is 16.0. The van der Waals surface area contributed by atoms with Gasteiger partial charge in [0.15, 0.2) is 11.5 Å². The lowest BCUT2D eigenvalue weighted by Crippen LogP contribution is -2.21. The molecule has 0 aromatic heterocycles. The first-order valence-electron chi connectivity index (χ1n) is 9.18. The summed E-state index contributed by atoms with van der Waals surface area (Å²) in [4.78, 5) is 14.8. The molecule has 0 saturated heterocycles. The minimum atomic E-state index is -0.176. The number of carbonyl (C=O) groups excluding carboxylic acids is 1. The van der Waals surface area contributed by atoms with E-state index in [0.717, 1.165) is 24.5 Å². The van der Waals surface area contributed by atoms with Gasteiger partial charge in [0.2, 0.25) is 0 Å². The number of amides is 1. The van der Waals surface area contributed by atoms with Crippen LogP contribution in [0.5, 0.6) is 11.5 Å². The molecule has 26 heavy (non-hydrogen) atoms. The van der Waals surface area contributed by atoms with Gasteiger partial charge in [0.25, 0.3) is 5.91 Å². The summed E-state index contributed by atoms with van der Waals surface area (Å²) < 4.78 is 11.1. The van der Waals surface area contributed by atoms with Gasteiger partial charge in [-0.05, 0) is 70.2 Å². The Kier molecular flexibility index (Phi) is 7.33. The SMILES string of the molecule is CCOc1ccc(C(=O)Nc2ccc(N(CC)CC)cc2)cc1OCC. The number of nitrogens with zero attached hydrogens (tertiary/aromatic N) is 1. The van der Waals surface area contributed by atoms with Gasteiger partial charge >= 0.3 is 0 Å². The highest BCUT2D eigenvalue weighted by atomic mass is 16.5. The van der Waals surface area contributed by atoms with Crippen LogP contribution in [0.3, 0.4) is 0 Å². The van der Waals surface area contributed by atoms with Crippen molar-refractivity contribution in [3.05, 3.63) is 48.0 Å². The van der Waals surface area contributed by atoms with Crippen molar-refractivity contribution in [1.82, 2.24) is 0 Å². The maximum Gasteiger partial charge on any atom is 0.255 e. The molecule has 0 aliphatic heterocycles. The number of carbonyl (C=O) groups is 1. The molecule has 2 aromatic rings. The van der Waals surface area contributed by atoms with E-state index < -0.39 is 0 Å². The van der Waals surface area contributed by atoms with Crippen molar-refractivity contribution in [2.24, 2.45) is 0 Å². The van der Waals surface area contributed by atoms with Crippen LogP contribution >= 0.6 is 0 Å². The normalized spacial score (nSPS) is 10.3. The molecule has 0 atom stereocenters. The number of rotatable bonds is 9. The van der Waals surface area contributed by atoms with Gasteiger partial charge in [0, 0.05) is 30.0 Å². The van der Waals surface area contributed by atoms with E-state index in [1.165, 1.54) is 0 Å². The van der Waals surface area contributed by atoms with Crippen molar-refractivity contribution in [3.63, 3.8) is 0 Å². The van der Waals surface area contributed by atoms with Crippen LogP contribution in [0.4, 0.5) is 11.4 Å². The van der Waals surface area contributed by atoms with E-state index in [1.54, 1.807) is 18.2 Å². The van der Waals surface area contributed by atoms with Crippen LogP contribution in [0.15, 0.2) is 42.5 Å². The second-order valence-corrected chi connectivity index (χ2v) is 5.70. The third kappa shape index (κ3) is 4.91. The first-order chi connectivity index (χ1) is 12.6. The summed E-state index contributed by atoms with van der Waals surface area (Å²) >= 11 is 0. The van der Waals surface area contributed by atoms with Gasteiger partial charge in [-0.3, -0.25) is 4.79 Å². The summed E-state index contributed by atoms with van der Waals surface area (Å²) in [6, 6.07) is 13.1. The number of anilines is 2. The molecular formula is C21H28N2O3. The molecule has 0 radical (unpaired) electrons. The molecule has 0 aliphatic carbocycles. The summed E-state index contributed by atoms with van der Waals surface area (Å²) in [5.74, 6) is 1.05. The molecule has 1 amide bonds.